The van der Waals surface area contributed by atoms with Crippen molar-refractivity contribution in [3.05, 3.63) is 77.9 Å². The van der Waals surface area contributed by atoms with E-state index in [1.54, 1.807) is 6.07 Å². The molecule has 0 aliphatic carbocycles. The summed E-state index contributed by atoms with van der Waals surface area (Å²) in [6.45, 7) is 0.0541. The lowest BCUT2D eigenvalue weighted by molar-refractivity contribution is -0.137. The Hall–Kier alpha value is -3.48. The van der Waals surface area contributed by atoms with Crippen molar-refractivity contribution in [1.29, 1.82) is 0 Å². The van der Waals surface area contributed by atoms with Gasteiger partial charge in [0.1, 0.15) is 23.9 Å². The second kappa shape index (κ2) is 7.50. The number of aromatic nitrogens is 2. The third-order valence-corrected chi connectivity index (χ3v) is 4.50. The Balaban J connectivity index is 1.61. The number of aromatic amines is 1. The highest BCUT2D eigenvalue weighted by atomic mass is 19.4. The molecule has 1 aromatic heterocycles. The number of para-hydroxylation sites is 2. The van der Waals surface area contributed by atoms with E-state index < -0.39 is 11.7 Å². The molecule has 0 aliphatic heterocycles. The molecule has 0 radical (unpaired) electrons. The van der Waals surface area contributed by atoms with E-state index in [0.717, 1.165) is 28.7 Å². The molecular formula is C22H17F3N2O2. The van der Waals surface area contributed by atoms with Gasteiger partial charge < -0.3 is 14.5 Å². The molecule has 0 saturated carbocycles. The van der Waals surface area contributed by atoms with Gasteiger partial charge in [-0.1, -0.05) is 18.2 Å². The van der Waals surface area contributed by atoms with Crippen LogP contribution in [0.15, 0.2) is 66.7 Å². The average Bonchev–Trinajstić information content (AvgIpc) is 3.16. The lowest BCUT2D eigenvalue weighted by atomic mass is 10.1. The average molecular weight is 398 g/mol. The Morgan fingerprint density at radius 3 is 2.55 bits per heavy atom. The number of benzene rings is 3. The van der Waals surface area contributed by atoms with Crippen LogP contribution in [-0.2, 0) is 12.8 Å². The molecule has 4 aromatic rings. The zero-order valence-electron chi connectivity index (χ0n) is 15.5. The smallest absolute Gasteiger partial charge is 0.416 e. The highest BCUT2D eigenvalue weighted by Gasteiger charge is 2.30. The summed E-state index contributed by atoms with van der Waals surface area (Å²) in [4.78, 5) is 7.83. The van der Waals surface area contributed by atoms with Gasteiger partial charge >= 0.3 is 6.18 Å². The van der Waals surface area contributed by atoms with Crippen molar-refractivity contribution in [3.63, 3.8) is 0 Å². The maximum absolute atomic E-state index is 12.9. The molecule has 0 saturated heterocycles. The van der Waals surface area contributed by atoms with Crippen molar-refractivity contribution >= 4 is 11.0 Å². The Kier molecular flexibility index (Phi) is 4.88. The van der Waals surface area contributed by atoms with Crippen LogP contribution in [-0.4, -0.2) is 17.1 Å². The summed E-state index contributed by atoms with van der Waals surface area (Å²) in [5.41, 5.74) is 2.53. The maximum Gasteiger partial charge on any atom is 0.416 e. The van der Waals surface area contributed by atoms with E-state index in [1.165, 1.54) is 19.2 Å². The fourth-order valence-electron chi connectivity index (χ4n) is 3.05. The molecule has 4 rings (SSSR count). The summed E-state index contributed by atoms with van der Waals surface area (Å²) in [6, 6.07) is 18.0. The highest BCUT2D eigenvalue weighted by molar-refractivity contribution is 5.79. The first kappa shape index (κ1) is 18.9. The molecule has 7 heteroatoms. The van der Waals surface area contributed by atoms with Gasteiger partial charge in [-0.3, -0.25) is 0 Å². The predicted octanol–water partition coefficient (Wildman–Crippen LogP) is 5.84. The zero-order valence-corrected chi connectivity index (χ0v) is 15.5. The van der Waals surface area contributed by atoms with E-state index in [-0.39, 0.29) is 12.4 Å². The minimum absolute atomic E-state index is 0.0541. The number of hydrogen-bond acceptors (Lipinski definition) is 3. The molecule has 0 fully saturated rings. The quantitative estimate of drug-likeness (QED) is 0.460. The number of rotatable bonds is 5. The molecule has 0 spiro atoms. The highest BCUT2D eigenvalue weighted by Crippen LogP contribution is 2.32. The Morgan fingerprint density at radius 2 is 1.79 bits per heavy atom. The SMILES string of the molecule is COc1ccc(-c2nc3ccccc3[nH]2)cc1COc1cccc(C(F)(F)F)c1. The first-order valence-electron chi connectivity index (χ1n) is 8.86. The van der Waals surface area contributed by atoms with Crippen LogP contribution in [0.1, 0.15) is 11.1 Å². The predicted molar refractivity (Wildman–Crippen MR) is 104 cm³/mol. The summed E-state index contributed by atoms with van der Waals surface area (Å²) in [5.74, 6) is 1.40. The van der Waals surface area contributed by atoms with Gasteiger partial charge in [0.15, 0.2) is 0 Å². The van der Waals surface area contributed by atoms with Gasteiger partial charge in [-0.2, -0.15) is 13.2 Å². The summed E-state index contributed by atoms with van der Waals surface area (Å²) in [6.07, 6.45) is -4.42. The van der Waals surface area contributed by atoms with Crippen LogP contribution in [0.5, 0.6) is 11.5 Å². The van der Waals surface area contributed by atoms with Gasteiger partial charge in [-0.25, -0.2) is 4.98 Å². The van der Waals surface area contributed by atoms with E-state index in [0.29, 0.717) is 17.1 Å². The first-order chi connectivity index (χ1) is 13.9. The van der Waals surface area contributed by atoms with Crippen LogP contribution in [0, 0.1) is 0 Å². The maximum atomic E-state index is 12.9. The number of nitrogens with zero attached hydrogens (tertiary/aromatic N) is 1. The van der Waals surface area contributed by atoms with Crippen molar-refractivity contribution in [1.82, 2.24) is 9.97 Å². The molecule has 1 N–H and O–H groups in total. The van der Waals surface area contributed by atoms with Gasteiger partial charge in [-0.05, 0) is 48.5 Å². The first-order valence-corrected chi connectivity index (χ1v) is 8.86. The lowest BCUT2D eigenvalue weighted by Crippen LogP contribution is -2.05. The number of alkyl halides is 3. The number of methoxy groups -OCH3 is 1. The van der Waals surface area contributed by atoms with Crippen molar-refractivity contribution in [3.8, 4) is 22.9 Å². The van der Waals surface area contributed by atoms with Gasteiger partial charge in [-0.15, -0.1) is 0 Å². The third kappa shape index (κ3) is 4.03. The van der Waals surface area contributed by atoms with Gasteiger partial charge in [0.2, 0.25) is 0 Å². The minimum Gasteiger partial charge on any atom is -0.496 e. The van der Waals surface area contributed by atoms with Crippen LogP contribution in [0.4, 0.5) is 13.2 Å². The van der Waals surface area contributed by atoms with Crippen LogP contribution in [0.25, 0.3) is 22.4 Å². The van der Waals surface area contributed by atoms with Crippen LogP contribution in [0.3, 0.4) is 0 Å². The van der Waals surface area contributed by atoms with Crippen LogP contribution < -0.4 is 9.47 Å². The molecule has 0 amide bonds. The molecule has 0 aliphatic rings. The third-order valence-electron chi connectivity index (χ3n) is 4.50. The summed E-state index contributed by atoms with van der Waals surface area (Å²) in [7, 11) is 1.53. The number of imidazole rings is 1. The Labute approximate surface area is 164 Å². The van der Waals surface area contributed by atoms with E-state index in [2.05, 4.69) is 9.97 Å². The summed E-state index contributed by atoms with van der Waals surface area (Å²) >= 11 is 0. The molecule has 0 atom stereocenters. The summed E-state index contributed by atoms with van der Waals surface area (Å²) in [5, 5.41) is 0. The standard InChI is InChI=1S/C22H17F3N2O2/c1-28-20-10-9-14(21-26-18-7-2-3-8-19(18)27-21)11-15(20)13-29-17-6-4-5-16(12-17)22(23,24)25/h2-12H,13H2,1H3,(H,26,27). The number of H-pyrrole nitrogens is 1. The number of halogens is 3. The molecule has 0 unspecified atom stereocenters. The zero-order chi connectivity index (χ0) is 20.4. The number of hydrogen-bond donors (Lipinski definition) is 1. The van der Waals surface area contributed by atoms with E-state index >= 15 is 0 Å². The molecule has 0 bridgehead atoms. The Morgan fingerprint density at radius 1 is 0.966 bits per heavy atom. The number of fused-ring (bicyclic) bond motifs is 1. The summed E-state index contributed by atoms with van der Waals surface area (Å²) < 4.78 is 49.7. The molecule has 4 nitrogen and oxygen atoms in total. The van der Waals surface area contributed by atoms with Crippen molar-refractivity contribution < 1.29 is 22.6 Å². The molecule has 3 aromatic carbocycles. The fraction of sp³-hybridized carbons (Fsp3) is 0.136. The number of nitrogens with one attached hydrogen (secondary N) is 1. The largest absolute Gasteiger partial charge is 0.496 e. The lowest BCUT2D eigenvalue weighted by Gasteiger charge is -2.13. The van der Waals surface area contributed by atoms with Crippen molar-refractivity contribution in [2.75, 3.05) is 7.11 Å². The minimum atomic E-state index is -4.42. The molecule has 148 valence electrons. The van der Waals surface area contributed by atoms with Crippen molar-refractivity contribution in [2.24, 2.45) is 0 Å². The van der Waals surface area contributed by atoms with E-state index in [9.17, 15) is 13.2 Å². The number of ether oxygens (including phenoxy) is 2. The second-order valence-electron chi connectivity index (χ2n) is 6.44. The molecule has 1 heterocycles. The Bertz CT molecular complexity index is 1120. The van der Waals surface area contributed by atoms with Gasteiger partial charge in [0, 0.05) is 11.1 Å². The molecular weight excluding hydrogens is 381 g/mol. The van der Waals surface area contributed by atoms with Crippen LogP contribution in [0.2, 0.25) is 0 Å². The van der Waals surface area contributed by atoms with Crippen molar-refractivity contribution in [2.45, 2.75) is 12.8 Å². The topological polar surface area (TPSA) is 47.1 Å². The molecule has 29 heavy (non-hydrogen) atoms. The van der Waals surface area contributed by atoms with Crippen LogP contribution >= 0.6 is 0 Å². The normalized spacial score (nSPS) is 11.6. The van der Waals surface area contributed by atoms with Gasteiger partial charge in [0.25, 0.3) is 0 Å². The monoisotopic (exact) mass is 398 g/mol. The van der Waals surface area contributed by atoms with E-state index in [4.69, 9.17) is 9.47 Å². The van der Waals surface area contributed by atoms with E-state index in [1.807, 2.05) is 36.4 Å². The second-order valence-corrected chi connectivity index (χ2v) is 6.44. The van der Waals surface area contributed by atoms with Gasteiger partial charge in [0.05, 0.1) is 23.7 Å². The fourth-order valence-corrected chi connectivity index (χ4v) is 3.05.